The van der Waals surface area contributed by atoms with Crippen LogP contribution in [0.15, 0.2) is 36.5 Å². The quantitative estimate of drug-likeness (QED) is 0.642. The largest absolute Gasteiger partial charge is 0.464 e. The van der Waals surface area contributed by atoms with Gasteiger partial charge in [0, 0.05) is 18.0 Å². The van der Waals surface area contributed by atoms with Gasteiger partial charge in [-0.2, -0.15) is 4.98 Å². The fourth-order valence-corrected chi connectivity index (χ4v) is 1.60. The van der Waals surface area contributed by atoms with Gasteiger partial charge in [0.2, 0.25) is 5.28 Å². The number of nitrogens with two attached hydrogens (primary N) is 1. The maximum absolute atomic E-state index is 11.3. The fourth-order valence-electron chi connectivity index (χ4n) is 1.46. The Kier molecular flexibility index (Phi) is 3.29. The zero-order valence-electron chi connectivity index (χ0n) is 9.12. The summed E-state index contributed by atoms with van der Waals surface area (Å²) in [6.45, 7) is 0. The third-order valence-electron chi connectivity index (χ3n) is 2.16. The number of hydrogen-bond donors (Lipinski definition) is 2. The number of nitrogen functional groups attached to an aromatic ring is 1. The molecule has 0 radical (unpaired) electrons. The molecular formula is C11H9ClN4O2. The van der Waals surface area contributed by atoms with E-state index < -0.39 is 6.09 Å². The number of hydrogen-bond acceptors (Lipinski definition) is 4. The molecule has 0 saturated carbocycles. The number of carbonyl (C=O) groups is 1. The van der Waals surface area contributed by atoms with Gasteiger partial charge in [0.25, 0.3) is 0 Å². The molecule has 6 nitrogen and oxygen atoms in total. The number of benzene rings is 1. The minimum atomic E-state index is -1.18. The van der Waals surface area contributed by atoms with Crippen LogP contribution in [0.5, 0.6) is 0 Å². The van der Waals surface area contributed by atoms with Crippen LogP contribution in [0.2, 0.25) is 5.28 Å². The molecule has 18 heavy (non-hydrogen) atoms. The van der Waals surface area contributed by atoms with E-state index in [9.17, 15) is 9.90 Å². The highest BCUT2D eigenvalue weighted by molar-refractivity contribution is 6.28. The molecule has 0 fully saturated rings. The Morgan fingerprint density at radius 3 is 2.78 bits per heavy atom. The van der Waals surface area contributed by atoms with E-state index in [1.807, 2.05) is 0 Å². The van der Waals surface area contributed by atoms with Gasteiger partial charge in [-0.25, -0.2) is 14.7 Å². The Labute approximate surface area is 108 Å². The summed E-state index contributed by atoms with van der Waals surface area (Å²) >= 11 is 5.65. The summed E-state index contributed by atoms with van der Waals surface area (Å²) in [7, 11) is 0. The molecule has 1 amide bonds. The zero-order valence-corrected chi connectivity index (χ0v) is 9.87. The first-order chi connectivity index (χ1) is 8.58. The molecule has 7 heteroatoms. The smallest absolute Gasteiger partial charge is 0.417 e. The van der Waals surface area contributed by atoms with Crippen molar-refractivity contribution in [2.75, 3.05) is 10.6 Å². The zero-order chi connectivity index (χ0) is 13.1. The van der Waals surface area contributed by atoms with Crippen LogP contribution in [-0.2, 0) is 0 Å². The minimum Gasteiger partial charge on any atom is -0.464 e. The normalized spacial score (nSPS) is 10.1. The minimum absolute atomic E-state index is 0.0253. The molecule has 0 aliphatic carbocycles. The summed E-state index contributed by atoms with van der Waals surface area (Å²) in [4.78, 5) is 19.8. The number of halogens is 1. The van der Waals surface area contributed by atoms with Crippen LogP contribution >= 0.6 is 11.6 Å². The molecule has 1 aromatic heterocycles. The lowest BCUT2D eigenvalue weighted by Crippen LogP contribution is -2.24. The van der Waals surface area contributed by atoms with Crippen LogP contribution < -0.4 is 10.6 Å². The predicted octanol–water partition coefficient (Wildman–Crippen LogP) is 2.53. The number of anilines is 3. The average molecular weight is 265 g/mol. The molecule has 2 rings (SSSR count). The lowest BCUT2D eigenvalue weighted by atomic mass is 10.2. The number of rotatable bonds is 2. The number of nitrogens with zero attached hydrogens (tertiary/aromatic N) is 3. The van der Waals surface area contributed by atoms with Crippen LogP contribution in [0.1, 0.15) is 0 Å². The van der Waals surface area contributed by atoms with E-state index in [4.69, 9.17) is 17.3 Å². The number of carboxylic acid groups (broad SMARTS) is 1. The molecule has 92 valence electrons. The molecule has 2 aromatic rings. The standard InChI is InChI=1S/C11H9ClN4O2/c12-10-14-5-4-9(15-10)16(11(17)18)8-3-1-2-7(13)6-8/h1-6H,13H2,(H,17,18). The van der Waals surface area contributed by atoms with E-state index >= 15 is 0 Å². The van der Waals surface area contributed by atoms with E-state index in [-0.39, 0.29) is 11.1 Å². The van der Waals surface area contributed by atoms with Gasteiger partial charge in [-0.15, -0.1) is 0 Å². The monoisotopic (exact) mass is 264 g/mol. The third kappa shape index (κ3) is 2.49. The van der Waals surface area contributed by atoms with Gasteiger partial charge in [-0.1, -0.05) is 6.07 Å². The van der Waals surface area contributed by atoms with Crippen molar-refractivity contribution in [3.05, 3.63) is 41.8 Å². The molecule has 0 spiro atoms. The first kappa shape index (κ1) is 12.1. The van der Waals surface area contributed by atoms with Gasteiger partial charge < -0.3 is 10.8 Å². The summed E-state index contributed by atoms with van der Waals surface area (Å²) in [5, 5.41) is 9.22. The second-order valence-electron chi connectivity index (χ2n) is 3.40. The summed E-state index contributed by atoms with van der Waals surface area (Å²) in [6.07, 6.45) is 0.197. The van der Waals surface area contributed by atoms with E-state index in [1.54, 1.807) is 18.2 Å². The molecule has 0 bridgehead atoms. The van der Waals surface area contributed by atoms with E-state index in [1.165, 1.54) is 18.3 Å². The van der Waals surface area contributed by atoms with Gasteiger partial charge in [0.05, 0.1) is 5.69 Å². The molecular weight excluding hydrogens is 256 g/mol. The lowest BCUT2D eigenvalue weighted by Gasteiger charge is -2.18. The van der Waals surface area contributed by atoms with Crippen molar-refractivity contribution in [3.8, 4) is 0 Å². The van der Waals surface area contributed by atoms with Crippen LogP contribution in [0.4, 0.5) is 22.0 Å². The second-order valence-corrected chi connectivity index (χ2v) is 3.73. The van der Waals surface area contributed by atoms with Crippen molar-refractivity contribution in [2.45, 2.75) is 0 Å². The molecule has 1 aromatic carbocycles. The van der Waals surface area contributed by atoms with Gasteiger partial charge in [-0.05, 0) is 29.8 Å². The summed E-state index contributed by atoms with van der Waals surface area (Å²) in [5.41, 5.74) is 6.47. The molecule has 1 heterocycles. The Bertz CT molecular complexity index is 545. The van der Waals surface area contributed by atoms with Crippen LogP contribution in [-0.4, -0.2) is 21.2 Å². The van der Waals surface area contributed by atoms with Crippen molar-refractivity contribution >= 4 is 34.9 Å². The van der Waals surface area contributed by atoms with Gasteiger partial charge >= 0.3 is 6.09 Å². The van der Waals surface area contributed by atoms with Crippen molar-refractivity contribution in [2.24, 2.45) is 0 Å². The van der Waals surface area contributed by atoms with Crippen molar-refractivity contribution < 1.29 is 9.90 Å². The topological polar surface area (TPSA) is 92.3 Å². The Balaban J connectivity index is 2.50. The Morgan fingerprint density at radius 1 is 1.39 bits per heavy atom. The van der Waals surface area contributed by atoms with Crippen molar-refractivity contribution in [3.63, 3.8) is 0 Å². The molecule has 0 aliphatic rings. The Morgan fingerprint density at radius 2 is 2.17 bits per heavy atom. The summed E-state index contributed by atoms with van der Waals surface area (Å²) in [5.74, 6) is 0.160. The van der Waals surface area contributed by atoms with E-state index in [2.05, 4.69) is 9.97 Å². The van der Waals surface area contributed by atoms with Gasteiger partial charge in [0.15, 0.2) is 0 Å². The second kappa shape index (κ2) is 4.89. The van der Waals surface area contributed by atoms with Crippen LogP contribution in [0.3, 0.4) is 0 Å². The van der Waals surface area contributed by atoms with Gasteiger partial charge in [0.1, 0.15) is 5.82 Å². The van der Waals surface area contributed by atoms with E-state index in [0.29, 0.717) is 11.4 Å². The molecule has 3 N–H and O–H groups in total. The Hall–Kier alpha value is -2.34. The maximum atomic E-state index is 11.3. The molecule has 0 unspecified atom stereocenters. The maximum Gasteiger partial charge on any atom is 0.417 e. The van der Waals surface area contributed by atoms with E-state index in [0.717, 1.165) is 4.90 Å². The highest BCUT2D eigenvalue weighted by atomic mass is 35.5. The highest BCUT2D eigenvalue weighted by Gasteiger charge is 2.18. The summed E-state index contributed by atoms with van der Waals surface area (Å²) < 4.78 is 0. The molecule has 0 saturated heterocycles. The molecule has 0 aliphatic heterocycles. The predicted molar refractivity (Wildman–Crippen MR) is 68.1 cm³/mol. The third-order valence-corrected chi connectivity index (χ3v) is 2.34. The molecule has 0 atom stereocenters. The highest BCUT2D eigenvalue weighted by Crippen LogP contribution is 2.25. The lowest BCUT2D eigenvalue weighted by molar-refractivity contribution is 0.204. The number of amides is 1. The van der Waals surface area contributed by atoms with Gasteiger partial charge in [-0.3, -0.25) is 0 Å². The van der Waals surface area contributed by atoms with Crippen molar-refractivity contribution in [1.29, 1.82) is 0 Å². The first-order valence-corrected chi connectivity index (χ1v) is 5.33. The van der Waals surface area contributed by atoms with Crippen LogP contribution in [0, 0.1) is 0 Å². The SMILES string of the molecule is Nc1cccc(N(C(=O)O)c2ccnc(Cl)n2)c1. The average Bonchev–Trinajstić information content (AvgIpc) is 2.28. The number of aromatic nitrogens is 2. The fraction of sp³-hybridized carbons (Fsp3) is 0. The summed E-state index contributed by atoms with van der Waals surface area (Å²) in [6, 6.07) is 7.91. The van der Waals surface area contributed by atoms with Crippen LogP contribution in [0.25, 0.3) is 0 Å². The van der Waals surface area contributed by atoms with Crippen molar-refractivity contribution in [1.82, 2.24) is 9.97 Å². The first-order valence-electron chi connectivity index (χ1n) is 4.95.